The average Bonchev–Trinajstić information content (AvgIpc) is 3.94. The number of hydrogen-bond donors (Lipinski definition) is 0. The Kier molecular flexibility index (Phi) is 7.38. The van der Waals surface area contributed by atoms with Crippen LogP contribution in [-0.4, -0.2) is 9.13 Å². The molecule has 3 heterocycles. The molecule has 9 aromatic carbocycles. The summed E-state index contributed by atoms with van der Waals surface area (Å²) in [6.45, 7) is 0. The molecule has 4 heteroatoms. The topological polar surface area (TPSA) is 23.0 Å². The van der Waals surface area contributed by atoms with Crippen LogP contribution in [0.4, 0.5) is 0 Å². The minimum atomic E-state index is 0.898. The van der Waals surface area contributed by atoms with Gasteiger partial charge in [0.25, 0.3) is 0 Å². The molecule has 0 aliphatic heterocycles. The number of para-hydroxylation sites is 4. The van der Waals surface area contributed by atoms with E-state index >= 15 is 0 Å². The molecule has 0 aliphatic rings. The highest BCUT2D eigenvalue weighted by Crippen LogP contribution is 2.43. The molecule has 3 aromatic heterocycles. The molecular formula is C54H33BrN2O. The Labute approximate surface area is 342 Å². The van der Waals surface area contributed by atoms with E-state index in [0.29, 0.717) is 0 Å². The van der Waals surface area contributed by atoms with Crippen molar-refractivity contribution in [3.8, 4) is 44.8 Å². The van der Waals surface area contributed by atoms with Gasteiger partial charge in [-0.1, -0.05) is 119 Å². The fraction of sp³-hybridized carbons (Fsp3) is 0. The summed E-state index contributed by atoms with van der Waals surface area (Å²) in [6.07, 6.45) is 0. The second kappa shape index (κ2) is 13.0. The first-order chi connectivity index (χ1) is 28.7. The van der Waals surface area contributed by atoms with Crippen molar-refractivity contribution in [1.29, 1.82) is 0 Å². The number of nitrogens with zero attached hydrogens (tertiary/aromatic N) is 2. The lowest BCUT2D eigenvalue weighted by Gasteiger charge is -2.14. The maximum absolute atomic E-state index is 6.21. The summed E-state index contributed by atoms with van der Waals surface area (Å²) in [7, 11) is 0. The van der Waals surface area contributed by atoms with Gasteiger partial charge >= 0.3 is 0 Å². The molecular weight excluding hydrogens is 773 g/mol. The van der Waals surface area contributed by atoms with Crippen molar-refractivity contribution in [2.24, 2.45) is 0 Å². The minimum Gasteiger partial charge on any atom is -0.456 e. The molecule has 0 saturated carbocycles. The normalized spacial score (nSPS) is 11.9. The number of rotatable bonds is 5. The van der Waals surface area contributed by atoms with Gasteiger partial charge < -0.3 is 13.6 Å². The van der Waals surface area contributed by atoms with E-state index in [1.807, 2.05) is 12.1 Å². The summed E-state index contributed by atoms with van der Waals surface area (Å²) in [5.41, 5.74) is 15.8. The third-order valence-corrected chi connectivity index (χ3v) is 12.2. The molecule has 12 rings (SSSR count). The van der Waals surface area contributed by atoms with E-state index in [0.717, 1.165) is 43.3 Å². The van der Waals surface area contributed by atoms with Crippen LogP contribution >= 0.6 is 15.9 Å². The van der Waals surface area contributed by atoms with Crippen molar-refractivity contribution in [3.63, 3.8) is 0 Å². The van der Waals surface area contributed by atoms with Crippen LogP contribution in [0.15, 0.2) is 209 Å². The first-order valence-corrected chi connectivity index (χ1v) is 20.4. The van der Waals surface area contributed by atoms with Gasteiger partial charge in [-0.25, -0.2) is 0 Å². The highest BCUT2D eigenvalue weighted by molar-refractivity contribution is 9.10. The van der Waals surface area contributed by atoms with Crippen LogP contribution < -0.4 is 0 Å². The maximum Gasteiger partial charge on any atom is 0.135 e. The molecule has 3 nitrogen and oxygen atoms in total. The Balaban J connectivity index is 1.08. The Morgan fingerprint density at radius 2 is 0.948 bits per heavy atom. The molecule has 0 spiro atoms. The van der Waals surface area contributed by atoms with Crippen molar-refractivity contribution in [1.82, 2.24) is 9.13 Å². The van der Waals surface area contributed by atoms with E-state index in [1.165, 1.54) is 71.4 Å². The van der Waals surface area contributed by atoms with Gasteiger partial charge in [0.1, 0.15) is 11.2 Å². The van der Waals surface area contributed by atoms with Crippen molar-refractivity contribution in [2.75, 3.05) is 0 Å². The lowest BCUT2D eigenvalue weighted by atomic mass is 9.91. The zero-order valence-electron chi connectivity index (χ0n) is 31.2. The number of furan rings is 1. The molecule has 0 unspecified atom stereocenters. The van der Waals surface area contributed by atoms with Crippen molar-refractivity contribution in [2.45, 2.75) is 0 Å². The van der Waals surface area contributed by atoms with E-state index in [-0.39, 0.29) is 0 Å². The zero-order valence-corrected chi connectivity index (χ0v) is 32.8. The van der Waals surface area contributed by atoms with Crippen LogP contribution in [0, 0.1) is 0 Å². The van der Waals surface area contributed by atoms with E-state index in [4.69, 9.17) is 4.42 Å². The largest absolute Gasteiger partial charge is 0.456 e. The standard InChI is InChI=1S/C54H33BrN2O/c55-39-13-10-12-34(31-39)36-28-37(30-38(29-36)42-19-11-22-51-54(42)45-18-5-8-21-49(45)56(51)40-14-2-1-3-15-40)35-24-26-50-46(32-35)43-16-4-7-20-48(43)57(50)41-25-27-53-47(33-41)44-17-6-9-23-52(44)58-53/h1-33H. The Hall–Kier alpha value is -7.14. The van der Waals surface area contributed by atoms with Crippen LogP contribution in [0.3, 0.4) is 0 Å². The smallest absolute Gasteiger partial charge is 0.135 e. The molecule has 0 saturated heterocycles. The molecule has 0 atom stereocenters. The molecule has 0 bridgehead atoms. The van der Waals surface area contributed by atoms with Crippen molar-refractivity contribution in [3.05, 3.63) is 205 Å². The quantitative estimate of drug-likeness (QED) is 0.170. The van der Waals surface area contributed by atoms with Gasteiger partial charge in [-0.15, -0.1) is 0 Å². The van der Waals surface area contributed by atoms with Crippen LogP contribution in [0.1, 0.15) is 0 Å². The Morgan fingerprint density at radius 3 is 1.78 bits per heavy atom. The molecule has 0 aliphatic carbocycles. The van der Waals surface area contributed by atoms with Gasteiger partial charge in [0.05, 0.1) is 22.1 Å². The van der Waals surface area contributed by atoms with Crippen molar-refractivity contribution < 1.29 is 4.42 Å². The Morgan fingerprint density at radius 1 is 0.328 bits per heavy atom. The molecule has 0 N–H and O–H groups in total. The van der Waals surface area contributed by atoms with E-state index in [1.54, 1.807) is 0 Å². The number of halogens is 1. The molecule has 12 aromatic rings. The van der Waals surface area contributed by atoms with Crippen LogP contribution in [-0.2, 0) is 0 Å². The fourth-order valence-electron chi connectivity index (χ4n) is 9.18. The number of benzene rings is 9. The maximum atomic E-state index is 6.21. The molecule has 0 radical (unpaired) electrons. The van der Waals surface area contributed by atoms with Gasteiger partial charge in [-0.2, -0.15) is 0 Å². The average molecular weight is 806 g/mol. The number of hydrogen-bond acceptors (Lipinski definition) is 1. The van der Waals surface area contributed by atoms with Gasteiger partial charge in [-0.3, -0.25) is 0 Å². The van der Waals surface area contributed by atoms with Crippen LogP contribution in [0.25, 0.3) is 110 Å². The van der Waals surface area contributed by atoms with Crippen LogP contribution in [0.5, 0.6) is 0 Å². The van der Waals surface area contributed by atoms with Crippen LogP contribution in [0.2, 0.25) is 0 Å². The first kappa shape index (κ1) is 33.0. The first-order valence-electron chi connectivity index (χ1n) is 19.6. The second-order valence-electron chi connectivity index (χ2n) is 15.1. The molecule has 272 valence electrons. The van der Waals surface area contributed by atoms with E-state index in [9.17, 15) is 0 Å². The third-order valence-electron chi connectivity index (χ3n) is 11.7. The fourth-order valence-corrected chi connectivity index (χ4v) is 9.58. The van der Waals surface area contributed by atoms with Gasteiger partial charge in [0.15, 0.2) is 0 Å². The molecule has 58 heavy (non-hydrogen) atoms. The summed E-state index contributed by atoms with van der Waals surface area (Å²) >= 11 is 3.75. The van der Waals surface area contributed by atoms with Gasteiger partial charge in [-0.05, 0) is 130 Å². The van der Waals surface area contributed by atoms with E-state index < -0.39 is 0 Å². The monoisotopic (exact) mass is 804 g/mol. The molecule has 0 amide bonds. The third kappa shape index (κ3) is 5.12. The highest BCUT2D eigenvalue weighted by atomic mass is 79.9. The minimum absolute atomic E-state index is 0.898. The van der Waals surface area contributed by atoms with E-state index in [2.05, 4.69) is 213 Å². The number of aromatic nitrogens is 2. The number of fused-ring (bicyclic) bond motifs is 9. The second-order valence-corrected chi connectivity index (χ2v) is 16.0. The molecule has 0 fully saturated rings. The summed E-state index contributed by atoms with van der Waals surface area (Å²) in [5.74, 6) is 0. The Bertz CT molecular complexity index is 3590. The summed E-state index contributed by atoms with van der Waals surface area (Å²) < 4.78 is 12.0. The summed E-state index contributed by atoms with van der Waals surface area (Å²) in [4.78, 5) is 0. The lowest BCUT2D eigenvalue weighted by Crippen LogP contribution is -1.93. The summed E-state index contributed by atoms with van der Waals surface area (Å²) in [6, 6.07) is 72.4. The summed E-state index contributed by atoms with van der Waals surface area (Å²) in [5, 5.41) is 7.17. The highest BCUT2D eigenvalue weighted by Gasteiger charge is 2.19. The van der Waals surface area contributed by atoms with Crippen molar-refractivity contribution >= 4 is 81.5 Å². The van der Waals surface area contributed by atoms with Gasteiger partial charge in [0.2, 0.25) is 0 Å². The zero-order chi connectivity index (χ0) is 38.3. The lowest BCUT2D eigenvalue weighted by molar-refractivity contribution is 0.669. The predicted molar refractivity (Wildman–Crippen MR) is 246 cm³/mol. The van der Waals surface area contributed by atoms with Gasteiger partial charge in [0, 0.05) is 48.2 Å². The SMILES string of the molecule is Brc1cccc(-c2cc(-c3ccc4c(c3)c3ccccc3n4-c3ccc4oc5ccccc5c4c3)cc(-c3cccc4c3c3ccccc3n4-c3ccccc3)c2)c1. The predicted octanol–water partition coefficient (Wildman–Crippen LogP) is 15.5.